The first kappa shape index (κ1) is 13.5. The van der Waals surface area contributed by atoms with E-state index in [0.717, 1.165) is 31.5 Å². The van der Waals surface area contributed by atoms with Gasteiger partial charge >= 0.3 is 0 Å². The molecule has 18 heavy (non-hydrogen) atoms. The highest BCUT2D eigenvalue weighted by Gasteiger charge is 2.18. The first-order chi connectivity index (χ1) is 8.65. The van der Waals surface area contributed by atoms with Crippen LogP contribution in [-0.4, -0.2) is 36.4 Å². The molecule has 1 aliphatic heterocycles. The highest BCUT2D eigenvalue weighted by atomic mass is 35.5. The Bertz CT molecular complexity index is 414. The topological polar surface area (TPSA) is 46.3 Å². The Morgan fingerprint density at radius 2 is 2.00 bits per heavy atom. The molecule has 1 heterocycles. The standard InChI is InChI=1S/C14H19ClN2O/c15-14-4-2-1-3-11(14)9-13(18)10-17-7-5-12(16)6-8-17/h1-4,12H,5-10,16H2. The van der Waals surface area contributed by atoms with Crippen LogP contribution in [0.15, 0.2) is 24.3 Å². The van der Waals surface area contributed by atoms with Gasteiger partial charge in [-0.3, -0.25) is 9.69 Å². The van der Waals surface area contributed by atoms with Gasteiger partial charge in [0.05, 0.1) is 6.54 Å². The Labute approximate surface area is 113 Å². The van der Waals surface area contributed by atoms with Gasteiger partial charge < -0.3 is 5.73 Å². The van der Waals surface area contributed by atoms with Crippen molar-refractivity contribution < 1.29 is 4.79 Å². The summed E-state index contributed by atoms with van der Waals surface area (Å²) in [7, 11) is 0. The fourth-order valence-corrected chi connectivity index (χ4v) is 2.47. The molecule has 0 aromatic heterocycles. The van der Waals surface area contributed by atoms with Crippen molar-refractivity contribution in [1.82, 2.24) is 4.90 Å². The van der Waals surface area contributed by atoms with Crippen molar-refractivity contribution in [2.24, 2.45) is 5.73 Å². The van der Waals surface area contributed by atoms with E-state index in [1.165, 1.54) is 0 Å². The van der Waals surface area contributed by atoms with Crippen molar-refractivity contribution in [3.63, 3.8) is 0 Å². The Balaban J connectivity index is 1.84. The van der Waals surface area contributed by atoms with Gasteiger partial charge in [0.2, 0.25) is 0 Å². The molecule has 98 valence electrons. The van der Waals surface area contributed by atoms with Gasteiger partial charge in [0.25, 0.3) is 0 Å². The number of likely N-dealkylation sites (tertiary alicyclic amines) is 1. The van der Waals surface area contributed by atoms with E-state index in [4.69, 9.17) is 17.3 Å². The first-order valence-electron chi connectivity index (χ1n) is 6.38. The summed E-state index contributed by atoms with van der Waals surface area (Å²) >= 11 is 6.05. The summed E-state index contributed by atoms with van der Waals surface area (Å²) in [5.74, 6) is 0.221. The number of ketones is 1. The number of piperidine rings is 1. The van der Waals surface area contributed by atoms with E-state index < -0.39 is 0 Å². The molecule has 0 radical (unpaired) electrons. The van der Waals surface area contributed by atoms with Crippen LogP contribution in [0.1, 0.15) is 18.4 Å². The van der Waals surface area contributed by atoms with Crippen LogP contribution >= 0.6 is 11.6 Å². The van der Waals surface area contributed by atoms with Gasteiger partial charge in [0, 0.05) is 30.6 Å². The van der Waals surface area contributed by atoms with E-state index in [9.17, 15) is 4.79 Å². The van der Waals surface area contributed by atoms with Crippen LogP contribution in [0.3, 0.4) is 0 Å². The van der Waals surface area contributed by atoms with E-state index in [0.29, 0.717) is 24.0 Å². The zero-order valence-corrected chi connectivity index (χ0v) is 11.2. The third kappa shape index (κ3) is 3.80. The molecule has 4 heteroatoms. The van der Waals surface area contributed by atoms with Gasteiger partial charge in [-0.15, -0.1) is 0 Å². The molecule has 0 unspecified atom stereocenters. The lowest BCUT2D eigenvalue weighted by Gasteiger charge is -2.29. The lowest BCUT2D eigenvalue weighted by atomic mass is 10.0. The molecule has 1 aromatic carbocycles. The van der Waals surface area contributed by atoms with Crippen molar-refractivity contribution in [3.8, 4) is 0 Å². The summed E-state index contributed by atoms with van der Waals surface area (Å²) < 4.78 is 0. The molecule has 1 aromatic rings. The number of carbonyl (C=O) groups excluding carboxylic acids is 1. The van der Waals surface area contributed by atoms with E-state index in [2.05, 4.69) is 4.90 Å². The monoisotopic (exact) mass is 266 g/mol. The van der Waals surface area contributed by atoms with Gasteiger partial charge in [-0.2, -0.15) is 0 Å². The maximum atomic E-state index is 12.0. The summed E-state index contributed by atoms with van der Waals surface area (Å²) in [5.41, 5.74) is 6.76. The lowest BCUT2D eigenvalue weighted by Crippen LogP contribution is -2.42. The molecule has 0 amide bonds. The largest absolute Gasteiger partial charge is 0.328 e. The van der Waals surface area contributed by atoms with E-state index in [1.807, 2.05) is 24.3 Å². The Morgan fingerprint density at radius 3 is 2.67 bits per heavy atom. The van der Waals surface area contributed by atoms with Gasteiger partial charge in [-0.1, -0.05) is 29.8 Å². The van der Waals surface area contributed by atoms with Gasteiger partial charge in [0.1, 0.15) is 0 Å². The second-order valence-electron chi connectivity index (χ2n) is 4.92. The second kappa shape index (κ2) is 6.32. The van der Waals surface area contributed by atoms with Crippen LogP contribution in [0.5, 0.6) is 0 Å². The molecule has 1 fully saturated rings. The molecule has 1 aliphatic rings. The van der Waals surface area contributed by atoms with Crippen molar-refractivity contribution in [2.45, 2.75) is 25.3 Å². The lowest BCUT2D eigenvalue weighted by molar-refractivity contribution is -0.119. The fourth-order valence-electron chi connectivity index (χ4n) is 2.27. The summed E-state index contributed by atoms with van der Waals surface area (Å²) in [4.78, 5) is 14.2. The first-order valence-corrected chi connectivity index (χ1v) is 6.76. The van der Waals surface area contributed by atoms with Crippen LogP contribution in [0.2, 0.25) is 5.02 Å². The zero-order valence-electron chi connectivity index (χ0n) is 10.4. The number of nitrogens with zero attached hydrogens (tertiary/aromatic N) is 1. The minimum absolute atomic E-state index is 0.221. The average molecular weight is 267 g/mol. The van der Waals surface area contributed by atoms with E-state index >= 15 is 0 Å². The highest BCUT2D eigenvalue weighted by Crippen LogP contribution is 2.16. The third-order valence-corrected chi connectivity index (χ3v) is 3.75. The van der Waals surface area contributed by atoms with Crippen LogP contribution in [-0.2, 0) is 11.2 Å². The van der Waals surface area contributed by atoms with Crippen molar-refractivity contribution >= 4 is 17.4 Å². The number of halogens is 1. The van der Waals surface area contributed by atoms with Crippen molar-refractivity contribution in [3.05, 3.63) is 34.9 Å². The molecule has 3 nitrogen and oxygen atoms in total. The number of Topliss-reactive ketones (excluding diaryl/α,β-unsaturated/α-hetero) is 1. The SMILES string of the molecule is NC1CCN(CC(=O)Cc2ccccc2Cl)CC1. The van der Waals surface area contributed by atoms with Crippen LogP contribution in [0.25, 0.3) is 0 Å². The number of nitrogens with two attached hydrogens (primary N) is 1. The molecule has 0 spiro atoms. The Hall–Kier alpha value is -0.900. The summed E-state index contributed by atoms with van der Waals surface area (Å²) in [5, 5.41) is 0.673. The molecule has 0 atom stereocenters. The predicted octanol–water partition coefficient (Wildman–Crippen LogP) is 1.87. The predicted molar refractivity (Wildman–Crippen MR) is 73.8 cm³/mol. The molecule has 2 N–H and O–H groups in total. The minimum Gasteiger partial charge on any atom is -0.328 e. The highest BCUT2D eigenvalue weighted by molar-refractivity contribution is 6.31. The van der Waals surface area contributed by atoms with E-state index in [-0.39, 0.29) is 5.78 Å². The fraction of sp³-hybridized carbons (Fsp3) is 0.500. The third-order valence-electron chi connectivity index (χ3n) is 3.38. The van der Waals surface area contributed by atoms with Crippen molar-refractivity contribution in [1.29, 1.82) is 0 Å². The molecular formula is C14H19ClN2O. The average Bonchev–Trinajstić information content (AvgIpc) is 2.35. The number of rotatable bonds is 4. The Kier molecular flexibility index (Phi) is 4.75. The molecule has 1 saturated heterocycles. The number of hydrogen-bond donors (Lipinski definition) is 1. The van der Waals surface area contributed by atoms with E-state index in [1.54, 1.807) is 0 Å². The molecular weight excluding hydrogens is 248 g/mol. The van der Waals surface area contributed by atoms with Crippen LogP contribution < -0.4 is 5.73 Å². The summed E-state index contributed by atoms with van der Waals surface area (Å²) in [6, 6.07) is 7.83. The molecule has 0 saturated carbocycles. The Morgan fingerprint density at radius 1 is 1.33 bits per heavy atom. The number of hydrogen-bond acceptors (Lipinski definition) is 3. The maximum absolute atomic E-state index is 12.0. The summed E-state index contributed by atoms with van der Waals surface area (Å²) in [6.07, 6.45) is 2.39. The normalized spacial score (nSPS) is 17.9. The smallest absolute Gasteiger partial charge is 0.151 e. The number of benzene rings is 1. The number of carbonyl (C=O) groups is 1. The van der Waals surface area contributed by atoms with Gasteiger partial charge in [-0.25, -0.2) is 0 Å². The zero-order chi connectivity index (χ0) is 13.0. The maximum Gasteiger partial charge on any atom is 0.151 e. The van der Waals surface area contributed by atoms with Gasteiger partial charge in [0.15, 0.2) is 5.78 Å². The molecule has 0 aliphatic carbocycles. The van der Waals surface area contributed by atoms with Gasteiger partial charge in [-0.05, 0) is 24.5 Å². The summed E-state index contributed by atoms with van der Waals surface area (Å²) in [6.45, 7) is 2.36. The second-order valence-corrected chi connectivity index (χ2v) is 5.33. The van der Waals surface area contributed by atoms with Crippen molar-refractivity contribution in [2.75, 3.05) is 19.6 Å². The van der Waals surface area contributed by atoms with Crippen LogP contribution in [0, 0.1) is 0 Å². The quantitative estimate of drug-likeness (QED) is 0.905. The minimum atomic E-state index is 0.221. The molecule has 2 rings (SSSR count). The van der Waals surface area contributed by atoms with Crippen LogP contribution in [0.4, 0.5) is 0 Å². The molecule has 0 bridgehead atoms.